The summed E-state index contributed by atoms with van der Waals surface area (Å²) in [6, 6.07) is 6.17. The van der Waals surface area contributed by atoms with Gasteiger partial charge in [0.2, 0.25) is 0 Å². The van der Waals surface area contributed by atoms with Crippen LogP contribution in [0.2, 0.25) is 0 Å². The highest BCUT2D eigenvalue weighted by Crippen LogP contribution is 2.26. The standard InChI is InChI=1S/C19H31NO/c1-7-20(8-2)13-9-10-18(21)16-11-12-17(15(3)14-16)19(4,5)6/h11-12,14H,7-10,13H2,1-6H3. The first-order valence-electron chi connectivity index (χ1n) is 8.16. The second kappa shape index (κ2) is 7.74. The van der Waals surface area contributed by atoms with Crippen LogP contribution in [0, 0.1) is 6.92 Å². The van der Waals surface area contributed by atoms with Crippen LogP contribution in [0.5, 0.6) is 0 Å². The summed E-state index contributed by atoms with van der Waals surface area (Å²) in [6.45, 7) is 16.2. The molecule has 0 bridgehead atoms. The molecule has 0 spiro atoms. The van der Waals surface area contributed by atoms with Gasteiger partial charge in [-0.15, -0.1) is 0 Å². The number of nitrogens with zero attached hydrogens (tertiary/aromatic N) is 1. The third kappa shape index (κ3) is 5.28. The smallest absolute Gasteiger partial charge is 0.162 e. The van der Waals surface area contributed by atoms with Gasteiger partial charge in [0.25, 0.3) is 0 Å². The normalized spacial score (nSPS) is 12.0. The van der Waals surface area contributed by atoms with Crippen LogP contribution in [0.25, 0.3) is 0 Å². The number of aryl methyl sites for hydroxylation is 1. The Balaban J connectivity index is 2.65. The zero-order valence-electron chi connectivity index (χ0n) is 14.6. The lowest BCUT2D eigenvalue weighted by molar-refractivity contribution is 0.0975. The van der Waals surface area contributed by atoms with Gasteiger partial charge in [0.1, 0.15) is 0 Å². The maximum Gasteiger partial charge on any atom is 0.162 e. The van der Waals surface area contributed by atoms with Crippen molar-refractivity contribution >= 4 is 5.78 Å². The summed E-state index contributed by atoms with van der Waals surface area (Å²) >= 11 is 0. The first-order valence-corrected chi connectivity index (χ1v) is 8.16. The topological polar surface area (TPSA) is 20.3 Å². The molecule has 118 valence electrons. The molecular formula is C19H31NO. The van der Waals surface area contributed by atoms with E-state index < -0.39 is 0 Å². The van der Waals surface area contributed by atoms with Crippen LogP contribution in [0.4, 0.5) is 0 Å². The highest BCUT2D eigenvalue weighted by atomic mass is 16.1. The second-order valence-corrected chi connectivity index (χ2v) is 6.83. The number of rotatable bonds is 7. The molecule has 0 saturated heterocycles. The van der Waals surface area contributed by atoms with Crippen LogP contribution in [-0.4, -0.2) is 30.3 Å². The minimum Gasteiger partial charge on any atom is -0.304 e. The van der Waals surface area contributed by atoms with E-state index in [9.17, 15) is 4.79 Å². The quantitative estimate of drug-likeness (QED) is 0.684. The van der Waals surface area contributed by atoms with Crippen molar-refractivity contribution in [2.45, 2.75) is 59.8 Å². The largest absolute Gasteiger partial charge is 0.304 e. The van der Waals surface area contributed by atoms with Crippen LogP contribution in [0.15, 0.2) is 18.2 Å². The van der Waals surface area contributed by atoms with E-state index in [-0.39, 0.29) is 11.2 Å². The van der Waals surface area contributed by atoms with E-state index in [0.29, 0.717) is 6.42 Å². The molecule has 0 radical (unpaired) electrons. The molecule has 2 heteroatoms. The Kier molecular flexibility index (Phi) is 6.60. The van der Waals surface area contributed by atoms with E-state index in [2.05, 4.69) is 58.6 Å². The molecule has 1 aromatic carbocycles. The van der Waals surface area contributed by atoms with Crippen molar-refractivity contribution in [3.63, 3.8) is 0 Å². The van der Waals surface area contributed by atoms with Crippen LogP contribution in [0.3, 0.4) is 0 Å². The van der Waals surface area contributed by atoms with Crippen LogP contribution in [-0.2, 0) is 5.41 Å². The van der Waals surface area contributed by atoms with Gasteiger partial charge in [-0.2, -0.15) is 0 Å². The molecule has 2 nitrogen and oxygen atoms in total. The number of hydrogen-bond donors (Lipinski definition) is 0. The number of carbonyl (C=O) groups is 1. The molecule has 0 fully saturated rings. The van der Waals surface area contributed by atoms with Crippen LogP contribution in [0.1, 0.15) is 68.9 Å². The Labute approximate surface area is 130 Å². The average Bonchev–Trinajstić information content (AvgIpc) is 2.41. The average molecular weight is 289 g/mol. The minimum absolute atomic E-state index is 0.133. The van der Waals surface area contributed by atoms with Gasteiger partial charge in [-0.25, -0.2) is 0 Å². The van der Waals surface area contributed by atoms with Crippen molar-refractivity contribution < 1.29 is 4.79 Å². The molecule has 0 unspecified atom stereocenters. The molecule has 0 aliphatic heterocycles. The summed E-state index contributed by atoms with van der Waals surface area (Å²) in [5, 5.41) is 0. The first-order chi connectivity index (χ1) is 9.79. The Bertz CT molecular complexity index is 467. The fourth-order valence-corrected chi connectivity index (χ4v) is 2.83. The lowest BCUT2D eigenvalue weighted by Crippen LogP contribution is -2.24. The Morgan fingerprint density at radius 1 is 1.14 bits per heavy atom. The Hall–Kier alpha value is -1.15. The van der Waals surface area contributed by atoms with Gasteiger partial charge in [-0.1, -0.05) is 46.8 Å². The SMILES string of the molecule is CCN(CC)CCCC(=O)c1ccc(C(C)(C)C)c(C)c1. The highest BCUT2D eigenvalue weighted by molar-refractivity contribution is 5.96. The summed E-state index contributed by atoms with van der Waals surface area (Å²) in [6.07, 6.45) is 1.59. The number of hydrogen-bond acceptors (Lipinski definition) is 2. The zero-order valence-corrected chi connectivity index (χ0v) is 14.6. The molecule has 0 aromatic heterocycles. The summed E-state index contributed by atoms with van der Waals surface area (Å²) in [5.74, 6) is 0.269. The molecule has 0 atom stereocenters. The Morgan fingerprint density at radius 2 is 1.76 bits per heavy atom. The second-order valence-electron chi connectivity index (χ2n) is 6.83. The molecule has 0 saturated carbocycles. The molecule has 1 aromatic rings. The molecule has 0 amide bonds. The number of carbonyl (C=O) groups excluding carboxylic acids is 1. The van der Waals surface area contributed by atoms with Crippen LogP contribution >= 0.6 is 0 Å². The molecular weight excluding hydrogens is 258 g/mol. The third-order valence-electron chi connectivity index (χ3n) is 4.13. The minimum atomic E-state index is 0.133. The van der Waals surface area contributed by atoms with E-state index in [1.165, 1.54) is 11.1 Å². The lowest BCUT2D eigenvalue weighted by atomic mass is 9.83. The number of Topliss-reactive ketones (excluding diaryl/α,β-unsaturated/α-hetero) is 1. The molecule has 1 rings (SSSR count). The monoisotopic (exact) mass is 289 g/mol. The number of benzene rings is 1. The van der Waals surface area contributed by atoms with Crippen LogP contribution < -0.4 is 0 Å². The van der Waals surface area contributed by atoms with Gasteiger partial charge in [0, 0.05) is 12.0 Å². The van der Waals surface area contributed by atoms with E-state index in [4.69, 9.17) is 0 Å². The maximum absolute atomic E-state index is 12.3. The van der Waals surface area contributed by atoms with E-state index in [1.807, 2.05) is 6.07 Å². The van der Waals surface area contributed by atoms with Gasteiger partial charge < -0.3 is 4.90 Å². The van der Waals surface area contributed by atoms with Gasteiger partial charge in [0.05, 0.1) is 0 Å². The lowest BCUT2D eigenvalue weighted by Gasteiger charge is -2.22. The predicted octanol–water partition coefficient (Wildman–Crippen LogP) is 4.60. The van der Waals surface area contributed by atoms with Crippen molar-refractivity contribution in [3.8, 4) is 0 Å². The molecule has 0 N–H and O–H groups in total. The van der Waals surface area contributed by atoms with Crippen molar-refractivity contribution in [2.75, 3.05) is 19.6 Å². The third-order valence-corrected chi connectivity index (χ3v) is 4.13. The van der Waals surface area contributed by atoms with Gasteiger partial charge in [-0.05, 0) is 55.6 Å². The molecule has 21 heavy (non-hydrogen) atoms. The maximum atomic E-state index is 12.3. The number of ketones is 1. The molecule has 0 aliphatic carbocycles. The summed E-state index contributed by atoms with van der Waals surface area (Å²) in [7, 11) is 0. The van der Waals surface area contributed by atoms with Crippen molar-refractivity contribution in [1.82, 2.24) is 4.90 Å². The van der Waals surface area contributed by atoms with Gasteiger partial charge in [-0.3, -0.25) is 4.79 Å². The Morgan fingerprint density at radius 3 is 2.24 bits per heavy atom. The molecule has 0 heterocycles. The first kappa shape index (κ1) is 17.9. The summed E-state index contributed by atoms with van der Waals surface area (Å²) in [4.78, 5) is 14.7. The van der Waals surface area contributed by atoms with E-state index in [0.717, 1.165) is 31.6 Å². The fourth-order valence-electron chi connectivity index (χ4n) is 2.83. The highest BCUT2D eigenvalue weighted by Gasteiger charge is 2.17. The summed E-state index contributed by atoms with van der Waals surface area (Å²) in [5.41, 5.74) is 3.54. The fraction of sp³-hybridized carbons (Fsp3) is 0.632. The summed E-state index contributed by atoms with van der Waals surface area (Å²) < 4.78 is 0. The van der Waals surface area contributed by atoms with E-state index >= 15 is 0 Å². The zero-order chi connectivity index (χ0) is 16.0. The van der Waals surface area contributed by atoms with Gasteiger partial charge >= 0.3 is 0 Å². The predicted molar refractivity (Wildman–Crippen MR) is 91.2 cm³/mol. The van der Waals surface area contributed by atoms with Gasteiger partial charge in [0.15, 0.2) is 5.78 Å². The van der Waals surface area contributed by atoms with E-state index in [1.54, 1.807) is 0 Å². The van der Waals surface area contributed by atoms with Crippen molar-refractivity contribution in [3.05, 3.63) is 34.9 Å². The molecule has 0 aliphatic rings. The van der Waals surface area contributed by atoms with Crippen molar-refractivity contribution in [2.24, 2.45) is 0 Å². The van der Waals surface area contributed by atoms with Crippen molar-refractivity contribution in [1.29, 1.82) is 0 Å².